The molecular formula is C22H33N5O2. The zero-order valence-electron chi connectivity index (χ0n) is 17.9. The molecule has 2 N–H and O–H groups in total. The number of anilines is 1. The third-order valence-electron chi connectivity index (χ3n) is 4.28. The number of hydrogen-bond acceptors (Lipinski definition) is 5. The summed E-state index contributed by atoms with van der Waals surface area (Å²) in [4.78, 5) is 11.2. The minimum atomic E-state index is 0.582. The second-order valence-corrected chi connectivity index (χ2v) is 6.72. The van der Waals surface area contributed by atoms with Crippen LogP contribution in [0.3, 0.4) is 0 Å². The quantitative estimate of drug-likeness (QED) is 0.344. The molecule has 0 aliphatic rings. The molecule has 29 heavy (non-hydrogen) atoms. The van der Waals surface area contributed by atoms with E-state index in [9.17, 15) is 0 Å². The zero-order chi connectivity index (χ0) is 20.9. The van der Waals surface area contributed by atoms with Gasteiger partial charge >= 0.3 is 0 Å². The lowest BCUT2D eigenvalue weighted by molar-refractivity contribution is 0.145. The molecule has 0 aliphatic carbocycles. The molecule has 0 unspecified atom stereocenters. The second-order valence-electron chi connectivity index (χ2n) is 6.72. The number of nitrogens with one attached hydrogen (secondary N) is 2. The van der Waals surface area contributed by atoms with Gasteiger partial charge in [-0.3, -0.25) is 0 Å². The Balaban J connectivity index is 2.01. The number of guanidine groups is 1. The fraction of sp³-hybridized carbons (Fsp3) is 0.455. The SMILES string of the molecule is CCOCCCNC(=NCc1ccc(OC)cc1)NCc1cccnc1N(C)C. The largest absolute Gasteiger partial charge is 0.497 e. The highest BCUT2D eigenvalue weighted by Crippen LogP contribution is 2.14. The molecule has 158 valence electrons. The van der Waals surface area contributed by atoms with Gasteiger partial charge < -0.3 is 25.0 Å². The van der Waals surface area contributed by atoms with Crippen molar-refractivity contribution >= 4 is 11.8 Å². The molecule has 0 aliphatic heterocycles. The molecule has 2 rings (SSSR count). The first-order valence-electron chi connectivity index (χ1n) is 9.98. The van der Waals surface area contributed by atoms with Crippen molar-refractivity contribution in [3.8, 4) is 5.75 Å². The lowest BCUT2D eigenvalue weighted by Gasteiger charge is -2.18. The summed E-state index contributed by atoms with van der Waals surface area (Å²) in [6.45, 7) is 5.50. The van der Waals surface area contributed by atoms with Crippen molar-refractivity contribution in [2.24, 2.45) is 4.99 Å². The van der Waals surface area contributed by atoms with E-state index in [0.29, 0.717) is 13.1 Å². The maximum absolute atomic E-state index is 5.41. The fourth-order valence-corrected chi connectivity index (χ4v) is 2.75. The highest BCUT2D eigenvalue weighted by molar-refractivity contribution is 5.79. The van der Waals surface area contributed by atoms with Crippen molar-refractivity contribution in [3.05, 3.63) is 53.7 Å². The number of rotatable bonds is 11. The fourth-order valence-electron chi connectivity index (χ4n) is 2.75. The summed E-state index contributed by atoms with van der Waals surface area (Å²) < 4.78 is 10.6. The maximum atomic E-state index is 5.41. The van der Waals surface area contributed by atoms with Gasteiger partial charge in [0.2, 0.25) is 0 Å². The highest BCUT2D eigenvalue weighted by atomic mass is 16.5. The van der Waals surface area contributed by atoms with Crippen LogP contribution in [-0.2, 0) is 17.8 Å². The molecule has 0 saturated heterocycles. The lowest BCUT2D eigenvalue weighted by atomic mass is 10.2. The molecule has 2 aromatic rings. The van der Waals surface area contributed by atoms with Crippen LogP contribution in [0.15, 0.2) is 47.6 Å². The molecule has 1 heterocycles. The molecule has 0 radical (unpaired) electrons. The van der Waals surface area contributed by atoms with Gasteiger partial charge in [-0.1, -0.05) is 18.2 Å². The van der Waals surface area contributed by atoms with Crippen LogP contribution < -0.4 is 20.3 Å². The Morgan fingerprint density at radius 1 is 1.14 bits per heavy atom. The van der Waals surface area contributed by atoms with Crippen molar-refractivity contribution in [1.82, 2.24) is 15.6 Å². The summed E-state index contributed by atoms with van der Waals surface area (Å²) in [6, 6.07) is 12.0. The van der Waals surface area contributed by atoms with Crippen LogP contribution in [0, 0.1) is 0 Å². The topological polar surface area (TPSA) is 71.0 Å². The average molecular weight is 400 g/mol. The van der Waals surface area contributed by atoms with Gasteiger partial charge in [0.25, 0.3) is 0 Å². The zero-order valence-corrected chi connectivity index (χ0v) is 17.9. The third kappa shape index (κ3) is 7.99. The van der Waals surface area contributed by atoms with Gasteiger partial charge in [0.1, 0.15) is 11.6 Å². The summed E-state index contributed by atoms with van der Waals surface area (Å²) in [5.74, 6) is 2.56. The van der Waals surface area contributed by atoms with Gasteiger partial charge in [-0.2, -0.15) is 0 Å². The Kier molecular flexibility index (Phi) is 9.78. The normalized spacial score (nSPS) is 11.2. The number of aliphatic imine (C=N–C) groups is 1. The molecule has 1 aromatic carbocycles. The van der Waals surface area contributed by atoms with Gasteiger partial charge in [0.15, 0.2) is 5.96 Å². The first-order valence-corrected chi connectivity index (χ1v) is 9.98. The molecule has 0 atom stereocenters. The molecule has 0 fully saturated rings. The summed E-state index contributed by atoms with van der Waals surface area (Å²) >= 11 is 0. The monoisotopic (exact) mass is 399 g/mol. The van der Waals surface area contributed by atoms with E-state index in [0.717, 1.165) is 54.8 Å². The number of methoxy groups -OCH3 is 1. The highest BCUT2D eigenvalue weighted by Gasteiger charge is 2.07. The molecule has 0 spiro atoms. The van der Waals surface area contributed by atoms with Crippen LogP contribution in [0.4, 0.5) is 5.82 Å². The Hall–Kier alpha value is -2.80. The van der Waals surface area contributed by atoms with Gasteiger partial charge in [-0.15, -0.1) is 0 Å². The van der Waals surface area contributed by atoms with E-state index in [2.05, 4.69) is 21.7 Å². The van der Waals surface area contributed by atoms with Gasteiger partial charge in [0.05, 0.1) is 13.7 Å². The van der Waals surface area contributed by atoms with Gasteiger partial charge in [-0.05, 0) is 37.1 Å². The lowest BCUT2D eigenvalue weighted by Crippen LogP contribution is -2.38. The second kappa shape index (κ2) is 12.6. The Bertz CT molecular complexity index is 747. The Labute approximate surface area is 174 Å². The van der Waals surface area contributed by atoms with Crippen LogP contribution in [0.5, 0.6) is 5.75 Å². The van der Waals surface area contributed by atoms with Gasteiger partial charge in [-0.25, -0.2) is 9.98 Å². The number of ether oxygens (including phenoxy) is 2. The van der Waals surface area contributed by atoms with E-state index in [4.69, 9.17) is 14.5 Å². The minimum Gasteiger partial charge on any atom is -0.497 e. The number of nitrogens with zero attached hydrogens (tertiary/aromatic N) is 3. The smallest absolute Gasteiger partial charge is 0.191 e. The predicted molar refractivity (Wildman–Crippen MR) is 119 cm³/mol. The Morgan fingerprint density at radius 3 is 2.62 bits per heavy atom. The number of pyridine rings is 1. The van der Waals surface area contributed by atoms with E-state index >= 15 is 0 Å². The van der Waals surface area contributed by atoms with Crippen LogP contribution in [0.1, 0.15) is 24.5 Å². The minimum absolute atomic E-state index is 0.582. The number of hydrogen-bond donors (Lipinski definition) is 2. The van der Waals surface area contributed by atoms with Gasteiger partial charge in [0, 0.05) is 52.2 Å². The van der Waals surface area contributed by atoms with Crippen molar-refractivity contribution < 1.29 is 9.47 Å². The number of benzene rings is 1. The summed E-state index contributed by atoms with van der Waals surface area (Å²) in [7, 11) is 5.66. The molecule has 7 heteroatoms. The standard InChI is InChI=1S/C22H33N5O2/c1-5-29-15-7-14-24-22(25-16-18-9-11-20(28-4)12-10-18)26-17-19-8-6-13-23-21(19)27(2)3/h6,8-13H,5,7,14-17H2,1-4H3,(H2,24,25,26). The van der Waals surface area contributed by atoms with Crippen molar-refractivity contribution in [3.63, 3.8) is 0 Å². The maximum Gasteiger partial charge on any atom is 0.191 e. The van der Waals surface area contributed by atoms with Crippen molar-refractivity contribution in [2.45, 2.75) is 26.4 Å². The first kappa shape index (κ1) is 22.5. The molecule has 0 amide bonds. The van der Waals surface area contributed by atoms with Crippen LogP contribution in [0.25, 0.3) is 0 Å². The molecular weight excluding hydrogens is 366 g/mol. The predicted octanol–water partition coefficient (Wildman–Crippen LogP) is 2.82. The number of aromatic nitrogens is 1. The molecule has 1 aromatic heterocycles. The first-order chi connectivity index (χ1) is 14.1. The van der Waals surface area contributed by atoms with E-state index in [1.165, 1.54) is 0 Å². The average Bonchev–Trinajstić information content (AvgIpc) is 2.75. The van der Waals surface area contributed by atoms with E-state index in [1.807, 2.05) is 62.4 Å². The molecule has 0 saturated carbocycles. The van der Waals surface area contributed by atoms with Crippen molar-refractivity contribution in [2.75, 3.05) is 45.9 Å². The Morgan fingerprint density at radius 2 is 1.93 bits per heavy atom. The summed E-state index contributed by atoms with van der Waals surface area (Å²) in [5.41, 5.74) is 2.24. The summed E-state index contributed by atoms with van der Waals surface area (Å²) in [6.07, 6.45) is 2.73. The third-order valence-corrected chi connectivity index (χ3v) is 4.28. The van der Waals surface area contributed by atoms with E-state index < -0.39 is 0 Å². The van der Waals surface area contributed by atoms with E-state index in [1.54, 1.807) is 7.11 Å². The molecule has 7 nitrogen and oxygen atoms in total. The van der Waals surface area contributed by atoms with Crippen LogP contribution in [0.2, 0.25) is 0 Å². The summed E-state index contributed by atoms with van der Waals surface area (Å²) in [5, 5.41) is 6.81. The van der Waals surface area contributed by atoms with Crippen LogP contribution >= 0.6 is 0 Å². The van der Waals surface area contributed by atoms with E-state index in [-0.39, 0.29) is 0 Å². The molecule has 0 bridgehead atoms. The van der Waals surface area contributed by atoms with Crippen LogP contribution in [-0.4, -0.2) is 51.9 Å². The van der Waals surface area contributed by atoms with Crippen molar-refractivity contribution in [1.29, 1.82) is 0 Å².